The highest BCUT2D eigenvalue weighted by atomic mass is 35.5. The van der Waals surface area contributed by atoms with Gasteiger partial charge < -0.3 is 4.57 Å². The van der Waals surface area contributed by atoms with Gasteiger partial charge >= 0.3 is 0 Å². The Balaban J connectivity index is 2.01. The van der Waals surface area contributed by atoms with Crippen LogP contribution in [0.1, 0.15) is 17.0 Å². The molecule has 2 aromatic rings. The van der Waals surface area contributed by atoms with Crippen molar-refractivity contribution >= 4 is 40.6 Å². The molecule has 1 aliphatic rings. The van der Waals surface area contributed by atoms with E-state index in [1.54, 1.807) is 18.2 Å². The van der Waals surface area contributed by atoms with E-state index in [0.717, 1.165) is 33.6 Å². The lowest BCUT2D eigenvalue weighted by Crippen LogP contribution is -2.28. The number of nitrogens with zero attached hydrogens (tertiary/aromatic N) is 2. The molecule has 1 aromatic carbocycles. The monoisotopic (exact) mass is 388 g/mol. The van der Waals surface area contributed by atoms with Crippen LogP contribution in [0.4, 0.5) is 9.18 Å². The first-order valence-electron chi connectivity index (χ1n) is 7.66. The first kappa shape index (κ1) is 18.3. The van der Waals surface area contributed by atoms with E-state index < -0.39 is 11.7 Å². The molecule has 0 bridgehead atoms. The SMILES string of the molecule is C#CCN1C(=O)SC(=Cc2cc(C)n(-c3ccc(F)c(Cl)c3)c2C)C1=O. The topological polar surface area (TPSA) is 42.3 Å². The molecule has 0 atom stereocenters. The van der Waals surface area contributed by atoms with E-state index in [1.165, 1.54) is 6.07 Å². The largest absolute Gasteiger partial charge is 0.318 e. The molecule has 0 radical (unpaired) electrons. The number of aryl methyl sites for hydroxylation is 1. The number of rotatable bonds is 3. The van der Waals surface area contributed by atoms with Crippen LogP contribution in [0.2, 0.25) is 5.02 Å². The van der Waals surface area contributed by atoms with Crippen LogP contribution in [0.3, 0.4) is 0 Å². The minimum absolute atomic E-state index is 0.0342. The highest BCUT2D eigenvalue weighted by Gasteiger charge is 2.34. The molecule has 0 saturated carbocycles. The normalized spacial score (nSPS) is 15.8. The third-order valence-electron chi connectivity index (χ3n) is 4.04. The average Bonchev–Trinajstić information content (AvgIpc) is 3.01. The van der Waals surface area contributed by atoms with Crippen molar-refractivity contribution < 1.29 is 14.0 Å². The van der Waals surface area contributed by atoms with Gasteiger partial charge in [0.1, 0.15) is 5.82 Å². The van der Waals surface area contributed by atoms with Crippen LogP contribution in [0, 0.1) is 32.0 Å². The fourth-order valence-electron chi connectivity index (χ4n) is 2.82. The van der Waals surface area contributed by atoms with Crippen LogP contribution in [-0.2, 0) is 4.79 Å². The molecule has 0 spiro atoms. The number of aromatic nitrogens is 1. The maximum atomic E-state index is 13.4. The Labute approximate surface area is 159 Å². The van der Waals surface area contributed by atoms with Gasteiger partial charge in [0, 0.05) is 17.1 Å². The Hall–Kier alpha value is -2.49. The van der Waals surface area contributed by atoms with Gasteiger partial charge in [0.2, 0.25) is 0 Å². The molecular weight excluding hydrogens is 375 g/mol. The standard InChI is InChI=1S/C19H14ClFN2O2S/c1-4-7-22-18(24)17(26-19(22)25)9-13-8-11(2)23(12(13)3)14-5-6-16(21)15(20)10-14/h1,5-6,8-10H,7H2,2-3H3. The van der Waals surface area contributed by atoms with E-state index in [0.29, 0.717) is 10.6 Å². The molecule has 2 amide bonds. The first-order valence-corrected chi connectivity index (χ1v) is 8.86. The fraction of sp³-hybridized carbons (Fsp3) is 0.158. The minimum Gasteiger partial charge on any atom is -0.318 e. The molecular formula is C19H14ClFN2O2S. The summed E-state index contributed by atoms with van der Waals surface area (Å²) in [6.07, 6.45) is 6.87. The van der Waals surface area contributed by atoms with E-state index in [4.69, 9.17) is 18.0 Å². The number of carbonyl (C=O) groups excluding carboxylic acids is 2. The lowest BCUT2D eigenvalue weighted by Gasteiger charge is -2.10. The van der Waals surface area contributed by atoms with Gasteiger partial charge in [-0.15, -0.1) is 6.42 Å². The van der Waals surface area contributed by atoms with Crippen molar-refractivity contribution in [3.05, 3.63) is 57.0 Å². The second kappa shape index (κ2) is 7.02. The molecule has 1 fully saturated rings. The Morgan fingerprint density at radius 1 is 1.31 bits per heavy atom. The van der Waals surface area contributed by atoms with Gasteiger partial charge in [0.15, 0.2) is 0 Å². The van der Waals surface area contributed by atoms with E-state index in [1.807, 2.05) is 24.5 Å². The van der Waals surface area contributed by atoms with Crippen LogP contribution in [0.15, 0.2) is 29.2 Å². The number of carbonyl (C=O) groups is 2. The Bertz CT molecular complexity index is 1000. The summed E-state index contributed by atoms with van der Waals surface area (Å²) >= 11 is 6.75. The minimum atomic E-state index is -0.486. The van der Waals surface area contributed by atoms with Crippen LogP contribution < -0.4 is 0 Å². The van der Waals surface area contributed by atoms with Crippen molar-refractivity contribution in [1.29, 1.82) is 0 Å². The molecule has 26 heavy (non-hydrogen) atoms. The van der Waals surface area contributed by atoms with E-state index in [9.17, 15) is 14.0 Å². The summed E-state index contributed by atoms with van der Waals surface area (Å²) in [6.45, 7) is 3.72. The van der Waals surface area contributed by atoms with Crippen molar-refractivity contribution in [3.63, 3.8) is 0 Å². The molecule has 0 unspecified atom stereocenters. The molecule has 3 rings (SSSR count). The quantitative estimate of drug-likeness (QED) is 0.572. The van der Waals surface area contributed by atoms with Crippen LogP contribution in [0.25, 0.3) is 11.8 Å². The molecule has 2 heterocycles. The molecule has 132 valence electrons. The maximum Gasteiger partial charge on any atom is 0.294 e. The number of imide groups is 1. The highest BCUT2D eigenvalue weighted by Crippen LogP contribution is 2.33. The highest BCUT2D eigenvalue weighted by molar-refractivity contribution is 8.18. The number of hydrogen-bond donors (Lipinski definition) is 0. The van der Waals surface area contributed by atoms with Crippen molar-refractivity contribution in [1.82, 2.24) is 9.47 Å². The number of terminal acetylenes is 1. The zero-order valence-electron chi connectivity index (χ0n) is 14.0. The van der Waals surface area contributed by atoms with Gasteiger partial charge in [-0.3, -0.25) is 14.5 Å². The third kappa shape index (κ3) is 3.16. The first-order chi connectivity index (χ1) is 12.3. The van der Waals surface area contributed by atoms with Crippen LogP contribution in [0.5, 0.6) is 0 Å². The average molecular weight is 389 g/mol. The van der Waals surface area contributed by atoms with Crippen molar-refractivity contribution in [3.8, 4) is 18.0 Å². The van der Waals surface area contributed by atoms with Gasteiger partial charge in [0.25, 0.3) is 11.1 Å². The number of amides is 2. The molecule has 1 aromatic heterocycles. The zero-order chi connectivity index (χ0) is 19.0. The molecule has 4 nitrogen and oxygen atoms in total. The lowest BCUT2D eigenvalue weighted by atomic mass is 10.2. The lowest BCUT2D eigenvalue weighted by molar-refractivity contribution is -0.122. The Kier molecular flexibility index (Phi) is 4.94. The summed E-state index contributed by atoms with van der Waals surface area (Å²) in [5.74, 6) is 1.43. The number of hydrogen-bond acceptors (Lipinski definition) is 3. The Morgan fingerprint density at radius 2 is 2.04 bits per heavy atom. The predicted molar refractivity (Wildman–Crippen MR) is 102 cm³/mol. The molecule has 7 heteroatoms. The molecule has 1 aliphatic heterocycles. The maximum absolute atomic E-state index is 13.4. The summed E-state index contributed by atoms with van der Waals surface area (Å²) in [7, 11) is 0. The summed E-state index contributed by atoms with van der Waals surface area (Å²) in [6, 6.07) is 6.37. The molecule has 1 saturated heterocycles. The zero-order valence-corrected chi connectivity index (χ0v) is 15.6. The summed E-state index contributed by atoms with van der Waals surface area (Å²) in [5, 5.41) is -0.342. The van der Waals surface area contributed by atoms with E-state index >= 15 is 0 Å². The Morgan fingerprint density at radius 3 is 2.69 bits per heavy atom. The van der Waals surface area contributed by atoms with Gasteiger partial charge in [-0.2, -0.15) is 0 Å². The summed E-state index contributed by atoms with van der Waals surface area (Å²) < 4.78 is 15.3. The predicted octanol–water partition coefficient (Wildman–Crippen LogP) is 4.56. The second-order valence-electron chi connectivity index (χ2n) is 5.73. The second-order valence-corrected chi connectivity index (χ2v) is 7.13. The third-order valence-corrected chi connectivity index (χ3v) is 5.24. The van der Waals surface area contributed by atoms with Crippen LogP contribution >= 0.6 is 23.4 Å². The van der Waals surface area contributed by atoms with Crippen LogP contribution in [-0.4, -0.2) is 27.2 Å². The number of halogens is 2. The van der Waals surface area contributed by atoms with Crippen molar-refractivity contribution in [2.45, 2.75) is 13.8 Å². The smallest absolute Gasteiger partial charge is 0.294 e. The van der Waals surface area contributed by atoms with Gasteiger partial charge in [-0.25, -0.2) is 4.39 Å². The van der Waals surface area contributed by atoms with Gasteiger partial charge in [-0.1, -0.05) is 17.5 Å². The van der Waals surface area contributed by atoms with E-state index in [2.05, 4.69) is 5.92 Å². The molecule has 0 N–H and O–H groups in total. The van der Waals surface area contributed by atoms with Crippen molar-refractivity contribution in [2.75, 3.05) is 6.54 Å². The van der Waals surface area contributed by atoms with Gasteiger partial charge in [-0.05, 0) is 61.5 Å². The molecule has 0 aliphatic carbocycles. The number of thioether (sulfide) groups is 1. The van der Waals surface area contributed by atoms with E-state index in [-0.39, 0.29) is 16.8 Å². The fourth-order valence-corrected chi connectivity index (χ4v) is 3.83. The number of benzene rings is 1. The summed E-state index contributed by atoms with van der Waals surface area (Å²) in [5.41, 5.74) is 3.23. The van der Waals surface area contributed by atoms with Crippen molar-refractivity contribution in [2.24, 2.45) is 0 Å². The van der Waals surface area contributed by atoms with Gasteiger partial charge in [0.05, 0.1) is 16.5 Å². The summed E-state index contributed by atoms with van der Waals surface area (Å²) in [4.78, 5) is 25.6.